The van der Waals surface area contributed by atoms with E-state index in [9.17, 15) is 27.9 Å². The Labute approximate surface area is 149 Å². The lowest BCUT2D eigenvalue weighted by atomic mass is 10.1. The molecule has 0 unspecified atom stereocenters. The zero-order valence-electron chi connectivity index (χ0n) is 13.5. The summed E-state index contributed by atoms with van der Waals surface area (Å²) in [7, 11) is -3.97. The van der Waals surface area contributed by atoms with Gasteiger partial charge in [-0.2, -0.15) is 20.2 Å². The van der Waals surface area contributed by atoms with E-state index >= 15 is 0 Å². The first-order chi connectivity index (χ1) is 11.8. The van der Waals surface area contributed by atoms with E-state index in [4.69, 9.17) is 0 Å². The Bertz CT molecular complexity index is 785. The number of carbonyl (C=O) groups is 3. The monoisotopic (exact) mass is 387 g/mol. The maximum Gasteiger partial charge on any atom is 0.304 e. The molecule has 0 aromatic heterocycles. The van der Waals surface area contributed by atoms with Crippen molar-refractivity contribution in [2.24, 2.45) is 0 Å². The van der Waals surface area contributed by atoms with Gasteiger partial charge in [-0.3, -0.25) is 18.6 Å². The van der Waals surface area contributed by atoms with E-state index in [1.807, 2.05) is 0 Å². The van der Waals surface area contributed by atoms with Gasteiger partial charge in [-0.05, 0) is 6.26 Å². The number of carbonyl (C=O) groups excluding carboxylic acids is 3. The fourth-order valence-electron chi connectivity index (χ4n) is 1.70. The van der Waals surface area contributed by atoms with Crippen LogP contribution in [0.15, 0.2) is 35.2 Å². The van der Waals surface area contributed by atoms with E-state index in [-0.39, 0.29) is 12.1 Å². The third kappa shape index (κ3) is 5.41. The molecule has 0 spiro atoms. The largest absolute Gasteiger partial charge is 0.506 e. The highest BCUT2D eigenvalue weighted by molar-refractivity contribution is 7.98. The third-order valence-electron chi connectivity index (χ3n) is 2.94. The number of aliphatic hydroxyl groups is 1. The van der Waals surface area contributed by atoms with Gasteiger partial charge in [0.15, 0.2) is 4.91 Å². The molecule has 0 fully saturated rings. The van der Waals surface area contributed by atoms with Crippen LogP contribution in [0.25, 0.3) is 5.76 Å². The van der Waals surface area contributed by atoms with Gasteiger partial charge in [0.2, 0.25) is 0 Å². The highest BCUT2D eigenvalue weighted by atomic mass is 32.2. The molecule has 10 heteroatoms. The summed E-state index contributed by atoms with van der Waals surface area (Å²) in [4.78, 5) is 34.6. The lowest BCUT2D eigenvalue weighted by molar-refractivity contribution is -0.143. The molecule has 1 aromatic carbocycles. The van der Waals surface area contributed by atoms with Crippen molar-refractivity contribution < 1.29 is 32.1 Å². The van der Waals surface area contributed by atoms with Crippen LogP contribution in [0.4, 0.5) is 0 Å². The van der Waals surface area contributed by atoms with E-state index in [0.29, 0.717) is 5.75 Å². The molecule has 0 aliphatic carbocycles. The topological polar surface area (TPSA) is 127 Å². The zero-order valence-corrected chi connectivity index (χ0v) is 15.1. The van der Waals surface area contributed by atoms with Gasteiger partial charge in [-0.25, -0.2) is 0 Å². The number of rotatable bonds is 9. The molecule has 0 radical (unpaired) electrons. The minimum atomic E-state index is -4.74. The SMILES string of the molecule is COS(=O)(=O)/C(C(=O)C(=O)C(=O)NCCSC)=C(/O)c1ccccc1. The van der Waals surface area contributed by atoms with E-state index in [1.165, 1.54) is 36.0 Å². The molecule has 2 N–H and O–H groups in total. The molecule has 136 valence electrons. The molecule has 25 heavy (non-hydrogen) atoms. The second-order valence-corrected chi connectivity index (χ2v) is 7.21. The van der Waals surface area contributed by atoms with E-state index in [1.54, 1.807) is 12.3 Å². The van der Waals surface area contributed by atoms with Gasteiger partial charge >= 0.3 is 10.1 Å². The van der Waals surface area contributed by atoms with Gasteiger partial charge in [-0.1, -0.05) is 30.3 Å². The number of hydrogen-bond donors (Lipinski definition) is 2. The van der Waals surface area contributed by atoms with Crippen LogP contribution in [0.1, 0.15) is 5.56 Å². The van der Waals surface area contributed by atoms with Gasteiger partial charge in [0.05, 0.1) is 7.11 Å². The summed E-state index contributed by atoms with van der Waals surface area (Å²) in [6.45, 7) is 0.125. The Morgan fingerprint density at radius 3 is 2.28 bits per heavy atom. The van der Waals surface area contributed by atoms with Crippen LogP contribution in [0.2, 0.25) is 0 Å². The van der Waals surface area contributed by atoms with Gasteiger partial charge in [0.1, 0.15) is 5.76 Å². The number of thioether (sulfide) groups is 1. The minimum absolute atomic E-state index is 0.0259. The Kier molecular flexibility index (Phi) is 7.81. The number of nitrogens with one attached hydrogen (secondary N) is 1. The van der Waals surface area contributed by atoms with Crippen molar-refractivity contribution >= 4 is 45.1 Å². The first-order valence-corrected chi connectivity index (χ1v) is 9.71. The molecule has 0 atom stereocenters. The number of hydrogen-bond acceptors (Lipinski definition) is 8. The summed E-state index contributed by atoms with van der Waals surface area (Å²) in [6, 6.07) is 7.25. The zero-order chi connectivity index (χ0) is 19.0. The lowest BCUT2D eigenvalue weighted by Gasteiger charge is -2.09. The Morgan fingerprint density at radius 2 is 1.76 bits per heavy atom. The first kappa shape index (κ1) is 20.9. The predicted molar refractivity (Wildman–Crippen MR) is 93.3 cm³/mol. The molecule has 0 saturated heterocycles. The Balaban J connectivity index is 3.29. The molecule has 0 bridgehead atoms. The van der Waals surface area contributed by atoms with Crippen molar-refractivity contribution in [3.63, 3.8) is 0 Å². The van der Waals surface area contributed by atoms with Crippen molar-refractivity contribution in [3.8, 4) is 0 Å². The average Bonchev–Trinajstić information content (AvgIpc) is 2.61. The number of aliphatic hydroxyl groups excluding tert-OH is 1. The predicted octanol–water partition coefficient (Wildman–Crippen LogP) is 0.507. The van der Waals surface area contributed by atoms with Gasteiger partial charge in [0, 0.05) is 17.9 Å². The molecule has 0 heterocycles. The third-order valence-corrected chi connectivity index (χ3v) is 4.87. The van der Waals surface area contributed by atoms with Crippen molar-refractivity contribution in [2.75, 3.05) is 25.7 Å². The number of amides is 1. The molecule has 1 aromatic rings. The van der Waals surface area contributed by atoms with Crippen LogP contribution in [-0.4, -0.2) is 56.7 Å². The van der Waals surface area contributed by atoms with Crippen LogP contribution in [0.3, 0.4) is 0 Å². The number of allylic oxidation sites excluding steroid dienone is 1. The van der Waals surface area contributed by atoms with Crippen molar-refractivity contribution in [1.29, 1.82) is 0 Å². The average molecular weight is 387 g/mol. The van der Waals surface area contributed by atoms with Gasteiger partial charge < -0.3 is 10.4 Å². The van der Waals surface area contributed by atoms with Crippen molar-refractivity contribution in [2.45, 2.75) is 0 Å². The molecule has 1 amide bonds. The Hall–Kier alpha value is -2.17. The molecule has 0 aliphatic heterocycles. The van der Waals surface area contributed by atoms with Crippen LogP contribution >= 0.6 is 11.8 Å². The van der Waals surface area contributed by atoms with Crippen LogP contribution in [-0.2, 0) is 28.7 Å². The first-order valence-electron chi connectivity index (χ1n) is 6.91. The summed E-state index contributed by atoms with van der Waals surface area (Å²) in [5.41, 5.74) is -0.0259. The molecule has 0 aliphatic rings. The molecule has 0 saturated carbocycles. The maximum atomic E-state index is 12.2. The standard InChI is InChI=1S/C15H17NO7S2/c1-23-25(21,22)14(11(17)10-6-4-3-5-7-10)12(18)13(19)15(20)16-8-9-24-2/h3-7,17H,8-9H2,1-2H3,(H,16,20)/b14-11+. The van der Waals surface area contributed by atoms with Crippen molar-refractivity contribution in [1.82, 2.24) is 5.32 Å². The van der Waals surface area contributed by atoms with Crippen LogP contribution in [0.5, 0.6) is 0 Å². The highest BCUT2D eigenvalue weighted by Crippen LogP contribution is 2.22. The summed E-state index contributed by atoms with van der Waals surface area (Å²) in [5.74, 6) is -5.02. The summed E-state index contributed by atoms with van der Waals surface area (Å²) in [6.07, 6.45) is 1.78. The highest BCUT2D eigenvalue weighted by Gasteiger charge is 2.37. The second kappa shape index (κ2) is 9.35. The summed E-state index contributed by atoms with van der Waals surface area (Å²) < 4.78 is 28.2. The molecular weight excluding hydrogens is 370 g/mol. The van der Waals surface area contributed by atoms with E-state index < -0.39 is 38.3 Å². The van der Waals surface area contributed by atoms with E-state index in [0.717, 1.165) is 7.11 Å². The molecule has 8 nitrogen and oxygen atoms in total. The second-order valence-electron chi connectivity index (χ2n) is 4.57. The van der Waals surface area contributed by atoms with Crippen LogP contribution in [0, 0.1) is 0 Å². The minimum Gasteiger partial charge on any atom is -0.506 e. The quantitative estimate of drug-likeness (QED) is 0.157. The number of Topliss-reactive ketones (excluding diaryl/α,β-unsaturated/α-hetero) is 2. The Morgan fingerprint density at radius 1 is 1.16 bits per heavy atom. The number of ketones is 2. The van der Waals surface area contributed by atoms with Crippen LogP contribution < -0.4 is 5.32 Å². The van der Waals surface area contributed by atoms with E-state index in [2.05, 4.69) is 9.50 Å². The lowest BCUT2D eigenvalue weighted by Crippen LogP contribution is -2.38. The summed E-state index contributed by atoms with van der Waals surface area (Å²) >= 11 is 1.40. The fraction of sp³-hybridized carbons (Fsp3) is 0.267. The van der Waals surface area contributed by atoms with Gasteiger partial charge in [-0.15, -0.1) is 0 Å². The normalized spacial score (nSPS) is 12.2. The summed E-state index contributed by atoms with van der Waals surface area (Å²) in [5, 5.41) is 12.4. The van der Waals surface area contributed by atoms with Gasteiger partial charge in [0.25, 0.3) is 17.5 Å². The maximum absolute atomic E-state index is 12.2. The van der Waals surface area contributed by atoms with Crippen molar-refractivity contribution in [3.05, 3.63) is 40.8 Å². The fourth-order valence-corrected chi connectivity index (χ4v) is 2.85. The smallest absolute Gasteiger partial charge is 0.304 e. The molecule has 1 rings (SSSR count). The number of benzene rings is 1. The molecular formula is C15H17NO7S2.